The van der Waals surface area contributed by atoms with E-state index in [1.165, 1.54) is 21.8 Å². The summed E-state index contributed by atoms with van der Waals surface area (Å²) in [4.78, 5) is 38.4. The molecule has 14 heteroatoms. The van der Waals surface area contributed by atoms with Crippen LogP contribution in [0.3, 0.4) is 0 Å². The van der Waals surface area contributed by atoms with Crippen molar-refractivity contribution in [3.05, 3.63) is 75.7 Å². The number of carboxylic acids is 2. The van der Waals surface area contributed by atoms with Crippen LogP contribution in [-0.2, 0) is 22.6 Å². The normalized spacial score (nSPS) is 13.2. The number of rotatable bonds is 9. The lowest BCUT2D eigenvalue weighted by Crippen LogP contribution is -2.30. The van der Waals surface area contributed by atoms with Crippen LogP contribution in [0.4, 0.5) is 13.2 Å². The van der Waals surface area contributed by atoms with Gasteiger partial charge in [0.15, 0.2) is 6.61 Å². The molecular formula is C25H24F3N3O7S. The van der Waals surface area contributed by atoms with Crippen molar-refractivity contribution in [1.82, 2.24) is 15.6 Å². The first kappa shape index (κ1) is 29.4. The first-order valence-corrected chi connectivity index (χ1v) is 12.3. The molecule has 0 saturated heterocycles. The fraction of sp³-hybridized carbons (Fsp3) is 0.280. The molecule has 1 aliphatic rings. The monoisotopic (exact) mass is 567 g/mol. The summed E-state index contributed by atoms with van der Waals surface area (Å²) in [7, 11) is 0. The van der Waals surface area contributed by atoms with Gasteiger partial charge in [-0.25, -0.2) is 9.59 Å². The number of ether oxygens (including phenoxy) is 2. The molecule has 10 nitrogen and oxygen atoms in total. The lowest BCUT2D eigenvalue weighted by atomic mass is 10.1. The van der Waals surface area contributed by atoms with Crippen LogP contribution in [0.25, 0.3) is 0 Å². The van der Waals surface area contributed by atoms with Gasteiger partial charge in [-0.3, -0.25) is 9.78 Å². The summed E-state index contributed by atoms with van der Waals surface area (Å²) in [5.41, 5.74) is 2.00. The van der Waals surface area contributed by atoms with E-state index in [2.05, 4.69) is 15.6 Å². The highest BCUT2D eigenvalue weighted by molar-refractivity contribution is 7.14. The Kier molecular flexibility index (Phi) is 10.2. The third kappa shape index (κ3) is 9.26. The number of fused-ring (bicyclic) bond motifs is 1. The Morgan fingerprint density at radius 2 is 1.85 bits per heavy atom. The summed E-state index contributed by atoms with van der Waals surface area (Å²) in [5, 5.41) is 22.2. The molecule has 0 fully saturated rings. The molecule has 0 radical (unpaired) electrons. The van der Waals surface area contributed by atoms with Crippen LogP contribution in [0, 0.1) is 0 Å². The number of halogens is 3. The molecule has 208 valence electrons. The molecular weight excluding hydrogens is 543 g/mol. The van der Waals surface area contributed by atoms with Crippen molar-refractivity contribution < 1.29 is 47.2 Å². The summed E-state index contributed by atoms with van der Waals surface area (Å²) >= 11 is 1.54. The van der Waals surface area contributed by atoms with Crippen molar-refractivity contribution in [3.63, 3.8) is 0 Å². The van der Waals surface area contributed by atoms with E-state index in [0.29, 0.717) is 16.4 Å². The third-order valence-corrected chi connectivity index (χ3v) is 6.42. The number of nitrogens with one attached hydrogen (secondary N) is 2. The molecule has 2 aromatic heterocycles. The number of hydrogen-bond acceptors (Lipinski definition) is 8. The molecule has 4 rings (SSSR count). The van der Waals surface area contributed by atoms with E-state index in [1.807, 2.05) is 6.07 Å². The minimum atomic E-state index is -5.08. The Morgan fingerprint density at radius 3 is 2.44 bits per heavy atom. The maximum Gasteiger partial charge on any atom is 0.490 e. The highest BCUT2D eigenvalue weighted by atomic mass is 32.1. The summed E-state index contributed by atoms with van der Waals surface area (Å²) in [6.07, 6.45) is -1.34. The topological polar surface area (TPSA) is 147 Å². The lowest BCUT2D eigenvalue weighted by Gasteiger charge is -2.20. The number of pyridine rings is 1. The van der Waals surface area contributed by atoms with Crippen LogP contribution in [0.2, 0.25) is 0 Å². The first-order valence-electron chi connectivity index (χ1n) is 11.4. The van der Waals surface area contributed by atoms with Crippen LogP contribution >= 0.6 is 11.3 Å². The summed E-state index contributed by atoms with van der Waals surface area (Å²) < 4.78 is 43.0. The molecule has 3 aromatic rings. The number of carbonyl (C=O) groups is 3. The predicted octanol–water partition coefficient (Wildman–Crippen LogP) is 3.44. The molecule has 1 aromatic carbocycles. The molecule has 1 atom stereocenters. The van der Waals surface area contributed by atoms with Gasteiger partial charge in [0.2, 0.25) is 0 Å². The molecule has 39 heavy (non-hydrogen) atoms. The third-order valence-electron chi connectivity index (χ3n) is 5.18. The van der Waals surface area contributed by atoms with Gasteiger partial charge in [-0.05, 0) is 47.9 Å². The van der Waals surface area contributed by atoms with E-state index in [1.54, 1.807) is 48.8 Å². The fourth-order valence-electron chi connectivity index (χ4n) is 3.37. The summed E-state index contributed by atoms with van der Waals surface area (Å²) in [5.74, 6) is -2.91. The van der Waals surface area contributed by atoms with E-state index in [-0.39, 0.29) is 12.5 Å². The van der Waals surface area contributed by atoms with E-state index in [9.17, 15) is 22.8 Å². The van der Waals surface area contributed by atoms with Crippen molar-refractivity contribution in [2.45, 2.75) is 25.2 Å². The van der Waals surface area contributed by atoms with Gasteiger partial charge in [0.25, 0.3) is 5.91 Å². The molecule has 3 heterocycles. The van der Waals surface area contributed by atoms with Crippen molar-refractivity contribution in [2.75, 3.05) is 19.7 Å². The smallest absolute Gasteiger partial charge is 0.482 e. The molecule has 1 aliphatic heterocycles. The number of amides is 1. The Labute approximate surface area is 224 Å². The molecule has 0 bridgehead atoms. The molecule has 4 N–H and O–H groups in total. The highest BCUT2D eigenvalue weighted by Crippen LogP contribution is 2.26. The van der Waals surface area contributed by atoms with Crippen molar-refractivity contribution in [3.8, 4) is 11.5 Å². The number of thiophene rings is 1. The van der Waals surface area contributed by atoms with Gasteiger partial charge in [0.1, 0.15) is 17.6 Å². The number of benzene rings is 1. The minimum absolute atomic E-state index is 0.134. The average Bonchev–Trinajstić information content (AvgIpc) is 3.35. The van der Waals surface area contributed by atoms with Crippen LogP contribution in [0.15, 0.2) is 54.9 Å². The Hall–Kier alpha value is -4.17. The van der Waals surface area contributed by atoms with Crippen molar-refractivity contribution in [1.29, 1.82) is 0 Å². The zero-order valence-corrected chi connectivity index (χ0v) is 21.1. The second-order valence-corrected chi connectivity index (χ2v) is 9.18. The standard InChI is InChI=1S/C23H23N3O5S.C2HF3O2/c27-22(28)14-30-17-5-3-15(4-6-17)19(31-18-2-1-8-24-12-18)13-26-23(29)21-10-16-11-25-9-7-20(16)32-21;3-2(4,5)1(6)7/h1-6,8,10,12,19,25H,7,9,11,13-14H2,(H,26,29)(H,27,28);(H,6,7). The van der Waals surface area contributed by atoms with Crippen LogP contribution in [-0.4, -0.2) is 58.9 Å². The number of alkyl halides is 3. The van der Waals surface area contributed by atoms with E-state index in [4.69, 9.17) is 24.5 Å². The SMILES string of the molecule is O=C(O)C(F)(F)F.O=C(O)COc1ccc(C(CNC(=O)c2cc3c(s2)CCNC3)Oc2cccnc2)cc1. The predicted molar refractivity (Wildman–Crippen MR) is 133 cm³/mol. The minimum Gasteiger partial charge on any atom is -0.482 e. The molecule has 1 unspecified atom stereocenters. The molecule has 0 spiro atoms. The van der Waals surface area contributed by atoms with Gasteiger partial charge in [-0.15, -0.1) is 11.3 Å². The summed E-state index contributed by atoms with van der Waals surface area (Å²) in [6, 6.07) is 12.5. The molecule has 0 aliphatic carbocycles. The second kappa shape index (κ2) is 13.6. The van der Waals surface area contributed by atoms with E-state index in [0.717, 1.165) is 25.1 Å². The number of carbonyl (C=O) groups excluding carboxylic acids is 1. The van der Waals surface area contributed by atoms with Gasteiger partial charge in [0.05, 0.1) is 17.6 Å². The number of nitrogens with zero attached hydrogens (tertiary/aromatic N) is 1. The average molecular weight is 568 g/mol. The molecule has 1 amide bonds. The van der Waals surface area contributed by atoms with Crippen LogP contribution < -0.4 is 20.1 Å². The Morgan fingerprint density at radius 1 is 1.13 bits per heavy atom. The largest absolute Gasteiger partial charge is 0.490 e. The first-order chi connectivity index (χ1) is 18.5. The van der Waals surface area contributed by atoms with E-state index < -0.39 is 30.8 Å². The maximum absolute atomic E-state index is 12.8. The zero-order chi connectivity index (χ0) is 28.4. The van der Waals surface area contributed by atoms with Gasteiger partial charge >= 0.3 is 18.1 Å². The second-order valence-electron chi connectivity index (χ2n) is 8.05. The van der Waals surface area contributed by atoms with Crippen LogP contribution in [0.5, 0.6) is 11.5 Å². The fourth-order valence-corrected chi connectivity index (χ4v) is 4.47. The quantitative estimate of drug-likeness (QED) is 0.305. The van der Waals surface area contributed by atoms with Gasteiger partial charge < -0.3 is 30.3 Å². The number of aromatic nitrogens is 1. The van der Waals surface area contributed by atoms with Crippen molar-refractivity contribution >= 4 is 29.2 Å². The van der Waals surface area contributed by atoms with Gasteiger partial charge in [-0.1, -0.05) is 12.1 Å². The Bertz CT molecular complexity index is 1240. The maximum atomic E-state index is 12.8. The summed E-state index contributed by atoms with van der Waals surface area (Å²) in [6.45, 7) is 1.57. The number of carboxylic acid groups (broad SMARTS) is 2. The highest BCUT2D eigenvalue weighted by Gasteiger charge is 2.38. The van der Waals surface area contributed by atoms with Gasteiger partial charge in [-0.2, -0.15) is 13.2 Å². The van der Waals surface area contributed by atoms with Gasteiger partial charge in [0, 0.05) is 24.2 Å². The molecule has 0 saturated carbocycles. The zero-order valence-electron chi connectivity index (χ0n) is 20.2. The lowest BCUT2D eigenvalue weighted by molar-refractivity contribution is -0.192. The number of aliphatic carboxylic acids is 2. The van der Waals surface area contributed by atoms with Crippen LogP contribution in [0.1, 0.15) is 31.8 Å². The Balaban J connectivity index is 0.000000532. The van der Waals surface area contributed by atoms with Crippen molar-refractivity contribution in [2.24, 2.45) is 0 Å². The van der Waals surface area contributed by atoms with E-state index >= 15 is 0 Å². The number of hydrogen-bond donors (Lipinski definition) is 4.